The van der Waals surface area contributed by atoms with E-state index in [1.54, 1.807) is 0 Å². The lowest BCUT2D eigenvalue weighted by atomic mass is 9.65. The van der Waals surface area contributed by atoms with E-state index in [4.69, 9.17) is 0 Å². The van der Waals surface area contributed by atoms with Crippen LogP contribution in [0.2, 0.25) is 0 Å². The molecule has 0 saturated heterocycles. The number of fused-ring (bicyclic) bond motifs is 13. The maximum absolute atomic E-state index is 2.54. The molecule has 0 fully saturated rings. The third-order valence-corrected chi connectivity index (χ3v) is 14.6. The van der Waals surface area contributed by atoms with E-state index < -0.39 is 5.41 Å². The molecule has 0 saturated carbocycles. The molecule has 306 valence electrons. The van der Waals surface area contributed by atoms with Gasteiger partial charge in [0.15, 0.2) is 0 Å². The number of hydrogen-bond acceptors (Lipinski definition) is 1. The van der Waals surface area contributed by atoms with Gasteiger partial charge in [-0.2, -0.15) is 0 Å². The Labute approximate surface area is 384 Å². The summed E-state index contributed by atoms with van der Waals surface area (Å²) >= 11 is 0. The lowest BCUT2D eigenvalue weighted by Crippen LogP contribution is -2.29. The zero-order valence-electron chi connectivity index (χ0n) is 36.1. The molecule has 0 radical (unpaired) electrons. The van der Waals surface area contributed by atoms with Crippen LogP contribution < -0.4 is 4.90 Å². The summed E-state index contributed by atoms with van der Waals surface area (Å²) in [6.07, 6.45) is 0. The highest BCUT2D eigenvalue weighted by Crippen LogP contribution is 2.63. The van der Waals surface area contributed by atoms with Gasteiger partial charge in [-0.3, -0.25) is 0 Å². The second-order valence-electron chi connectivity index (χ2n) is 17.9. The molecule has 14 rings (SSSR count). The molecule has 12 aromatic carbocycles. The van der Waals surface area contributed by atoms with Crippen molar-refractivity contribution in [1.82, 2.24) is 0 Å². The van der Waals surface area contributed by atoms with E-state index >= 15 is 0 Å². The average molecular weight is 836 g/mol. The largest absolute Gasteiger partial charge is 0.310 e. The molecule has 2 aliphatic carbocycles. The summed E-state index contributed by atoms with van der Waals surface area (Å²) in [7, 11) is 0. The Hall–Kier alpha value is -8.52. The van der Waals surface area contributed by atoms with Gasteiger partial charge in [-0.15, -0.1) is 0 Å². The maximum atomic E-state index is 2.54. The van der Waals surface area contributed by atoms with Crippen molar-refractivity contribution in [3.63, 3.8) is 0 Å². The average Bonchev–Trinajstić information content (AvgIpc) is 3.63. The van der Waals surface area contributed by atoms with Crippen LogP contribution in [0.25, 0.3) is 88.0 Å². The number of para-hydroxylation sites is 1. The molecule has 0 amide bonds. The molecule has 66 heavy (non-hydrogen) atoms. The van der Waals surface area contributed by atoms with Crippen LogP contribution in [0.4, 0.5) is 17.1 Å². The quantitative estimate of drug-likeness (QED) is 0.156. The molecule has 1 spiro atoms. The molecule has 0 bridgehead atoms. The van der Waals surface area contributed by atoms with Crippen molar-refractivity contribution in [1.29, 1.82) is 0 Å². The lowest BCUT2D eigenvalue weighted by Gasteiger charge is -2.36. The fourth-order valence-corrected chi connectivity index (χ4v) is 11.8. The predicted molar refractivity (Wildman–Crippen MR) is 277 cm³/mol. The summed E-state index contributed by atoms with van der Waals surface area (Å²) in [5, 5.41) is 7.88. The number of benzene rings is 12. The Balaban J connectivity index is 1.00. The van der Waals surface area contributed by atoms with Crippen molar-refractivity contribution in [2.75, 3.05) is 4.90 Å². The zero-order valence-corrected chi connectivity index (χ0v) is 36.1. The highest BCUT2D eigenvalue weighted by Gasteiger charge is 2.50. The second-order valence-corrected chi connectivity index (χ2v) is 17.9. The molecular formula is C65H41N. The molecule has 0 aliphatic heterocycles. The third kappa shape index (κ3) is 5.23. The Bertz CT molecular complexity index is 3830. The van der Waals surface area contributed by atoms with Gasteiger partial charge in [0.1, 0.15) is 0 Å². The molecule has 1 heteroatoms. The SMILES string of the molecule is c1ccc(-c2ccc(-c3ccc(N(c4ccccc4)c4ccc5c(c4)-c4ccccc4-c4ccccc4C54c5ccccc5-c5c4cc4ccc6cccc7ccc5c4c67)cc3)cc2)cc1. The topological polar surface area (TPSA) is 3.24 Å². The number of nitrogens with zero attached hydrogens (tertiary/aromatic N) is 1. The van der Waals surface area contributed by atoms with E-state index in [1.165, 1.54) is 110 Å². The van der Waals surface area contributed by atoms with Crippen molar-refractivity contribution in [2.45, 2.75) is 5.41 Å². The van der Waals surface area contributed by atoms with Crippen LogP contribution in [0.15, 0.2) is 249 Å². The number of hydrogen-bond donors (Lipinski definition) is 0. The monoisotopic (exact) mass is 835 g/mol. The van der Waals surface area contributed by atoms with E-state index in [0.29, 0.717) is 0 Å². The van der Waals surface area contributed by atoms with E-state index in [1.807, 2.05) is 0 Å². The molecule has 12 aromatic rings. The zero-order chi connectivity index (χ0) is 43.3. The second kappa shape index (κ2) is 14.2. The van der Waals surface area contributed by atoms with E-state index in [-0.39, 0.29) is 0 Å². The summed E-state index contributed by atoms with van der Waals surface area (Å²) < 4.78 is 0. The first-order valence-electron chi connectivity index (χ1n) is 23.0. The fraction of sp³-hybridized carbons (Fsp3) is 0.0154. The molecule has 1 atom stereocenters. The van der Waals surface area contributed by atoms with Crippen molar-refractivity contribution >= 4 is 49.4 Å². The maximum Gasteiger partial charge on any atom is 0.0726 e. The van der Waals surface area contributed by atoms with Gasteiger partial charge in [-0.25, -0.2) is 0 Å². The lowest BCUT2D eigenvalue weighted by molar-refractivity contribution is 0.777. The van der Waals surface area contributed by atoms with Gasteiger partial charge >= 0.3 is 0 Å². The minimum atomic E-state index is -0.602. The van der Waals surface area contributed by atoms with Crippen LogP contribution in [0.1, 0.15) is 22.3 Å². The van der Waals surface area contributed by atoms with Crippen molar-refractivity contribution < 1.29 is 0 Å². The third-order valence-electron chi connectivity index (χ3n) is 14.6. The van der Waals surface area contributed by atoms with Crippen molar-refractivity contribution in [3.8, 4) is 55.6 Å². The van der Waals surface area contributed by atoms with Gasteiger partial charge in [0.2, 0.25) is 0 Å². The summed E-state index contributed by atoms with van der Waals surface area (Å²) in [5.41, 5.74) is 20.5. The normalized spacial score (nSPS) is 14.4. The van der Waals surface area contributed by atoms with Gasteiger partial charge in [-0.05, 0) is 153 Å². The molecule has 0 heterocycles. The first-order chi connectivity index (χ1) is 32.7. The van der Waals surface area contributed by atoms with E-state index in [0.717, 1.165) is 17.1 Å². The van der Waals surface area contributed by atoms with Gasteiger partial charge in [-0.1, -0.05) is 206 Å². The van der Waals surface area contributed by atoms with Gasteiger partial charge in [0, 0.05) is 17.1 Å². The Morgan fingerprint density at radius 1 is 0.258 bits per heavy atom. The van der Waals surface area contributed by atoms with Gasteiger partial charge in [0.25, 0.3) is 0 Å². The molecule has 0 N–H and O–H groups in total. The van der Waals surface area contributed by atoms with Crippen molar-refractivity contribution in [3.05, 3.63) is 271 Å². The number of rotatable bonds is 5. The van der Waals surface area contributed by atoms with Crippen LogP contribution in [0.5, 0.6) is 0 Å². The summed E-state index contributed by atoms with van der Waals surface area (Å²) in [6, 6.07) is 92.8. The molecule has 0 aromatic heterocycles. The van der Waals surface area contributed by atoms with Crippen LogP contribution in [-0.4, -0.2) is 0 Å². The van der Waals surface area contributed by atoms with Crippen LogP contribution in [0.3, 0.4) is 0 Å². The Morgan fingerprint density at radius 3 is 1.44 bits per heavy atom. The van der Waals surface area contributed by atoms with E-state index in [2.05, 4.69) is 254 Å². The van der Waals surface area contributed by atoms with Crippen molar-refractivity contribution in [2.24, 2.45) is 0 Å². The smallest absolute Gasteiger partial charge is 0.0726 e. The first-order valence-corrected chi connectivity index (χ1v) is 23.0. The minimum absolute atomic E-state index is 0.602. The highest BCUT2D eigenvalue weighted by molar-refractivity contribution is 6.27. The standard InChI is InChI=1S/C65H41N/c1-3-14-42(15-4-1)43-26-28-44(29-27-43)45-32-35-50(36-33-45)66(49-18-5-2-6-19-49)51-37-39-60-57(41-51)53-21-8-7-20-52(53)54-22-9-11-24-58(54)65(60)59-25-12-10-23-55(59)64-56-38-34-47-17-13-16-46-30-31-48(40-61(64)65)63(56)62(46)47/h1-41H. The van der Waals surface area contributed by atoms with E-state index in [9.17, 15) is 0 Å². The first kappa shape index (κ1) is 36.9. The fourth-order valence-electron chi connectivity index (χ4n) is 11.8. The summed E-state index contributed by atoms with van der Waals surface area (Å²) in [6.45, 7) is 0. The summed E-state index contributed by atoms with van der Waals surface area (Å²) in [4.78, 5) is 2.41. The van der Waals surface area contributed by atoms with Crippen LogP contribution >= 0.6 is 0 Å². The molecular weight excluding hydrogens is 795 g/mol. The van der Waals surface area contributed by atoms with Gasteiger partial charge in [0.05, 0.1) is 5.41 Å². The number of anilines is 3. The van der Waals surface area contributed by atoms with Crippen LogP contribution in [0, 0.1) is 0 Å². The highest BCUT2D eigenvalue weighted by atomic mass is 15.1. The molecule has 2 aliphatic rings. The predicted octanol–water partition coefficient (Wildman–Crippen LogP) is 17.4. The summed E-state index contributed by atoms with van der Waals surface area (Å²) in [5.74, 6) is 0. The Kier molecular flexibility index (Phi) is 7.97. The Morgan fingerprint density at radius 2 is 0.742 bits per heavy atom. The van der Waals surface area contributed by atoms with Crippen LogP contribution in [-0.2, 0) is 5.41 Å². The van der Waals surface area contributed by atoms with Gasteiger partial charge < -0.3 is 4.90 Å². The molecule has 1 nitrogen and oxygen atoms in total. The minimum Gasteiger partial charge on any atom is -0.310 e. The molecule has 1 unspecified atom stereocenters.